The summed E-state index contributed by atoms with van der Waals surface area (Å²) in [6, 6.07) is 11.0. The first-order valence-electron chi connectivity index (χ1n) is 8.36. The third-order valence-electron chi connectivity index (χ3n) is 4.36. The van der Waals surface area contributed by atoms with Gasteiger partial charge in [-0.15, -0.1) is 13.2 Å². The Labute approximate surface area is 159 Å². The van der Waals surface area contributed by atoms with Gasteiger partial charge in [-0.25, -0.2) is 0 Å². The summed E-state index contributed by atoms with van der Waals surface area (Å²) in [5.74, 6) is -0.284. The van der Waals surface area contributed by atoms with E-state index in [2.05, 4.69) is 4.74 Å². The number of carbonyl (C=O) groups excluding carboxylic acids is 1. The van der Waals surface area contributed by atoms with E-state index >= 15 is 0 Å². The summed E-state index contributed by atoms with van der Waals surface area (Å²) >= 11 is 6.10. The van der Waals surface area contributed by atoms with Gasteiger partial charge in [-0.05, 0) is 48.4 Å². The fourth-order valence-electron chi connectivity index (χ4n) is 3.16. The van der Waals surface area contributed by atoms with Crippen molar-refractivity contribution in [2.75, 3.05) is 0 Å². The molecular formula is C20H17ClF3NO2. The second-order valence-corrected chi connectivity index (χ2v) is 6.63. The van der Waals surface area contributed by atoms with Gasteiger partial charge in [0.15, 0.2) is 5.78 Å². The quantitative estimate of drug-likeness (QED) is 0.486. The number of halogens is 4. The molecule has 0 unspecified atom stereocenters. The van der Waals surface area contributed by atoms with Crippen molar-refractivity contribution in [2.24, 2.45) is 0 Å². The first-order valence-corrected chi connectivity index (χ1v) is 8.73. The summed E-state index contributed by atoms with van der Waals surface area (Å²) in [5.41, 5.74) is 3.03. The Balaban J connectivity index is 2.02. The zero-order valence-electron chi connectivity index (χ0n) is 14.7. The maximum atomic E-state index is 12.5. The van der Waals surface area contributed by atoms with E-state index in [0.29, 0.717) is 23.7 Å². The smallest absolute Gasteiger partial charge is 0.406 e. The second-order valence-electron chi connectivity index (χ2n) is 6.19. The number of rotatable bonds is 5. The summed E-state index contributed by atoms with van der Waals surface area (Å²) in [7, 11) is 0. The number of Topliss-reactive ketones (excluding diaryl/α,β-unsaturated/α-hetero) is 1. The fourth-order valence-corrected chi connectivity index (χ4v) is 3.34. The molecule has 0 atom stereocenters. The minimum Gasteiger partial charge on any atom is -0.406 e. The van der Waals surface area contributed by atoms with Crippen LogP contribution >= 0.6 is 11.6 Å². The number of hydrogen-bond donors (Lipinski definition) is 0. The van der Waals surface area contributed by atoms with Crippen molar-refractivity contribution in [3.8, 4) is 5.75 Å². The predicted molar refractivity (Wildman–Crippen MR) is 98.5 cm³/mol. The van der Waals surface area contributed by atoms with E-state index in [1.54, 1.807) is 25.1 Å². The highest BCUT2D eigenvalue weighted by atomic mass is 35.5. The number of fused-ring (bicyclic) bond motifs is 1. The summed E-state index contributed by atoms with van der Waals surface area (Å²) in [6.45, 7) is 4.01. The molecule has 0 bridgehead atoms. The van der Waals surface area contributed by atoms with E-state index in [4.69, 9.17) is 11.6 Å². The predicted octanol–water partition coefficient (Wildman–Crippen LogP) is 6.14. The van der Waals surface area contributed by atoms with Gasteiger partial charge in [0.05, 0.1) is 5.69 Å². The van der Waals surface area contributed by atoms with Gasteiger partial charge in [-0.1, -0.05) is 30.7 Å². The molecule has 3 nitrogen and oxygen atoms in total. The maximum Gasteiger partial charge on any atom is 0.573 e. The Morgan fingerprint density at radius 1 is 1.15 bits per heavy atom. The lowest BCUT2D eigenvalue weighted by Crippen LogP contribution is -2.17. The topological polar surface area (TPSA) is 31.2 Å². The van der Waals surface area contributed by atoms with Crippen molar-refractivity contribution in [2.45, 2.75) is 33.2 Å². The van der Waals surface area contributed by atoms with Crippen molar-refractivity contribution in [3.63, 3.8) is 0 Å². The Bertz CT molecular complexity index is 991. The van der Waals surface area contributed by atoms with Crippen molar-refractivity contribution in [3.05, 3.63) is 64.3 Å². The summed E-state index contributed by atoms with van der Waals surface area (Å²) in [6.07, 6.45) is -4.38. The number of benzene rings is 2. The van der Waals surface area contributed by atoms with Gasteiger partial charge < -0.3 is 9.30 Å². The standard InChI is InChI=1S/C20H17ClF3NO2/c1-3-18(26)19-12(2)16-10-14(21)6-9-17(16)25(19)11-13-4-7-15(8-5-13)27-20(22,23)24/h4-10H,3,11H2,1-2H3. The van der Waals surface area contributed by atoms with Gasteiger partial charge in [0.2, 0.25) is 0 Å². The molecule has 0 spiro atoms. The van der Waals surface area contributed by atoms with E-state index in [-0.39, 0.29) is 11.5 Å². The minimum atomic E-state index is -4.73. The van der Waals surface area contributed by atoms with Crippen LogP contribution in [0.3, 0.4) is 0 Å². The summed E-state index contributed by atoms with van der Waals surface area (Å²) in [5, 5.41) is 1.46. The van der Waals surface area contributed by atoms with Crippen LogP contribution in [0.4, 0.5) is 13.2 Å². The average Bonchev–Trinajstić information content (AvgIpc) is 2.86. The lowest BCUT2D eigenvalue weighted by atomic mass is 10.1. The fraction of sp³-hybridized carbons (Fsp3) is 0.250. The third-order valence-corrected chi connectivity index (χ3v) is 4.60. The molecule has 27 heavy (non-hydrogen) atoms. The normalized spacial score (nSPS) is 11.8. The van der Waals surface area contributed by atoms with Crippen molar-refractivity contribution >= 4 is 28.3 Å². The molecule has 1 aromatic heterocycles. The number of aryl methyl sites for hydroxylation is 1. The van der Waals surface area contributed by atoms with Gasteiger partial charge in [0, 0.05) is 28.9 Å². The first-order chi connectivity index (χ1) is 12.7. The van der Waals surface area contributed by atoms with Gasteiger partial charge >= 0.3 is 6.36 Å². The van der Waals surface area contributed by atoms with Gasteiger partial charge in [0.25, 0.3) is 0 Å². The summed E-state index contributed by atoms with van der Waals surface area (Å²) in [4.78, 5) is 12.5. The van der Waals surface area contributed by atoms with E-state index in [9.17, 15) is 18.0 Å². The number of hydrogen-bond acceptors (Lipinski definition) is 2. The van der Waals surface area contributed by atoms with Crippen LogP contribution < -0.4 is 4.74 Å². The van der Waals surface area contributed by atoms with Gasteiger partial charge in [-0.2, -0.15) is 0 Å². The second kappa shape index (κ2) is 7.27. The van der Waals surface area contributed by atoms with Crippen molar-refractivity contribution in [1.29, 1.82) is 0 Å². The number of carbonyl (C=O) groups is 1. The Hall–Kier alpha value is -2.47. The Morgan fingerprint density at radius 2 is 1.81 bits per heavy atom. The van der Waals surface area contributed by atoms with E-state index in [1.807, 2.05) is 23.6 Å². The molecule has 7 heteroatoms. The third kappa shape index (κ3) is 4.11. The molecule has 0 N–H and O–H groups in total. The molecule has 0 aliphatic carbocycles. The number of alkyl halides is 3. The highest BCUT2D eigenvalue weighted by Crippen LogP contribution is 2.30. The Kier molecular flexibility index (Phi) is 5.20. The van der Waals surface area contributed by atoms with Crippen LogP contribution in [0.15, 0.2) is 42.5 Å². The molecule has 0 saturated carbocycles. The molecule has 2 aromatic carbocycles. The lowest BCUT2D eigenvalue weighted by molar-refractivity contribution is -0.274. The molecule has 0 fully saturated rings. The highest BCUT2D eigenvalue weighted by molar-refractivity contribution is 6.31. The van der Waals surface area contributed by atoms with Crippen LogP contribution in [-0.2, 0) is 6.54 Å². The van der Waals surface area contributed by atoms with Crippen molar-refractivity contribution < 1.29 is 22.7 Å². The number of aromatic nitrogens is 1. The molecule has 1 heterocycles. The van der Waals surface area contributed by atoms with E-state index in [1.165, 1.54) is 12.1 Å². The van der Waals surface area contributed by atoms with Gasteiger partial charge in [-0.3, -0.25) is 4.79 Å². The molecule has 3 aromatic rings. The van der Waals surface area contributed by atoms with Crippen molar-refractivity contribution in [1.82, 2.24) is 4.57 Å². The zero-order chi connectivity index (χ0) is 19.8. The largest absolute Gasteiger partial charge is 0.573 e. The average molecular weight is 396 g/mol. The highest BCUT2D eigenvalue weighted by Gasteiger charge is 2.31. The van der Waals surface area contributed by atoms with Crippen LogP contribution in [0.1, 0.15) is 35.0 Å². The molecule has 0 aliphatic heterocycles. The molecule has 0 aliphatic rings. The molecule has 142 valence electrons. The van der Waals surface area contributed by atoms with E-state index in [0.717, 1.165) is 22.0 Å². The summed E-state index contributed by atoms with van der Waals surface area (Å²) < 4.78 is 42.7. The first kappa shape index (κ1) is 19.3. The zero-order valence-corrected chi connectivity index (χ0v) is 15.5. The number of nitrogens with zero attached hydrogens (tertiary/aromatic N) is 1. The number of ether oxygens (including phenoxy) is 1. The van der Waals surface area contributed by atoms with Crippen LogP contribution in [-0.4, -0.2) is 16.7 Å². The molecule has 0 amide bonds. The van der Waals surface area contributed by atoms with Crippen LogP contribution in [0.2, 0.25) is 5.02 Å². The SMILES string of the molecule is CCC(=O)c1c(C)c2cc(Cl)ccc2n1Cc1ccc(OC(F)(F)F)cc1. The van der Waals surface area contributed by atoms with Gasteiger partial charge in [0.1, 0.15) is 5.75 Å². The number of ketones is 1. The molecular weight excluding hydrogens is 379 g/mol. The minimum absolute atomic E-state index is 0.00292. The Morgan fingerprint density at radius 3 is 2.41 bits per heavy atom. The van der Waals surface area contributed by atoms with Crippen LogP contribution in [0.5, 0.6) is 5.75 Å². The van der Waals surface area contributed by atoms with Crippen LogP contribution in [0, 0.1) is 6.92 Å². The molecule has 0 saturated heterocycles. The molecule has 0 radical (unpaired) electrons. The molecule has 3 rings (SSSR count). The maximum absolute atomic E-state index is 12.5. The van der Waals surface area contributed by atoms with E-state index < -0.39 is 6.36 Å². The monoisotopic (exact) mass is 395 g/mol. The van der Waals surface area contributed by atoms with Crippen LogP contribution in [0.25, 0.3) is 10.9 Å². The lowest BCUT2D eigenvalue weighted by Gasteiger charge is -2.12.